The second kappa shape index (κ2) is 10.9. The van der Waals surface area contributed by atoms with Gasteiger partial charge in [-0.2, -0.15) is 0 Å². The molecule has 0 spiro atoms. The zero-order valence-electron chi connectivity index (χ0n) is 19.8. The number of pyridine rings is 1. The monoisotopic (exact) mass is 517 g/mol. The average Bonchev–Trinajstić information content (AvgIpc) is 2.91. The van der Waals surface area contributed by atoms with E-state index in [1.54, 1.807) is 0 Å². The molecule has 37 heavy (non-hydrogen) atoms. The van der Waals surface area contributed by atoms with Gasteiger partial charge in [0, 0.05) is 48.5 Å². The number of carbonyl (C=O) groups excluding carboxylic acids is 1. The standard InChI is InChI=1S/C27H24ClN5O4/c28-24-9-7-19(15-26(24)33(35)36)30-27(34)31-25-10-8-21(22-3-1-2-4-23(22)25)18-5-6-20(29-16-18)17-32-11-13-37-14-12-32/h1-10,15-16H,11-14,17H2,(H2,30,31,34). The van der Waals surface area contributed by atoms with Crippen LogP contribution in [0.1, 0.15) is 5.69 Å². The summed E-state index contributed by atoms with van der Waals surface area (Å²) in [4.78, 5) is 30.2. The summed E-state index contributed by atoms with van der Waals surface area (Å²) in [5.41, 5.74) is 3.58. The van der Waals surface area contributed by atoms with Gasteiger partial charge in [0.15, 0.2) is 0 Å². The van der Waals surface area contributed by atoms with Gasteiger partial charge in [0.05, 0.1) is 29.5 Å². The maximum absolute atomic E-state index is 12.7. The third-order valence-electron chi connectivity index (χ3n) is 6.20. The van der Waals surface area contributed by atoms with Gasteiger partial charge in [0.25, 0.3) is 5.69 Å². The van der Waals surface area contributed by atoms with Crippen LogP contribution in [-0.2, 0) is 11.3 Å². The van der Waals surface area contributed by atoms with Crippen molar-refractivity contribution in [3.8, 4) is 11.1 Å². The van der Waals surface area contributed by atoms with Crippen LogP contribution < -0.4 is 10.6 Å². The number of carbonyl (C=O) groups is 1. The number of nitro benzene ring substituents is 1. The number of ether oxygens (including phenoxy) is 1. The van der Waals surface area contributed by atoms with E-state index < -0.39 is 11.0 Å². The number of fused-ring (bicyclic) bond motifs is 1. The molecule has 0 bridgehead atoms. The number of urea groups is 1. The van der Waals surface area contributed by atoms with E-state index in [0.29, 0.717) is 5.69 Å². The summed E-state index contributed by atoms with van der Waals surface area (Å²) in [5.74, 6) is 0. The smallest absolute Gasteiger partial charge is 0.323 e. The molecule has 9 nitrogen and oxygen atoms in total. The number of hydrogen-bond acceptors (Lipinski definition) is 6. The molecule has 10 heteroatoms. The van der Waals surface area contributed by atoms with Crippen molar-refractivity contribution in [2.24, 2.45) is 0 Å². The highest BCUT2D eigenvalue weighted by Crippen LogP contribution is 2.33. The molecule has 1 fully saturated rings. The highest BCUT2D eigenvalue weighted by molar-refractivity contribution is 6.32. The fraction of sp³-hybridized carbons (Fsp3) is 0.185. The maximum Gasteiger partial charge on any atom is 0.323 e. The van der Waals surface area contributed by atoms with Crippen molar-refractivity contribution in [3.05, 3.63) is 93.8 Å². The van der Waals surface area contributed by atoms with E-state index in [-0.39, 0.29) is 16.4 Å². The van der Waals surface area contributed by atoms with Crippen molar-refractivity contribution >= 4 is 45.5 Å². The fourth-order valence-corrected chi connectivity index (χ4v) is 4.53. The molecule has 0 unspecified atom stereocenters. The van der Waals surface area contributed by atoms with Crippen molar-refractivity contribution in [1.82, 2.24) is 9.88 Å². The first-order valence-corrected chi connectivity index (χ1v) is 12.1. The Kier molecular flexibility index (Phi) is 7.27. The number of halogens is 1. The highest BCUT2D eigenvalue weighted by Gasteiger charge is 2.16. The van der Waals surface area contributed by atoms with Crippen molar-refractivity contribution < 1.29 is 14.5 Å². The Morgan fingerprint density at radius 1 is 1.03 bits per heavy atom. The van der Waals surface area contributed by atoms with E-state index in [0.717, 1.165) is 60.4 Å². The van der Waals surface area contributed by atoms with Crippen molar-refractivity contribution in [3.63, 3.8) is 0 Å². The number of anilines is 2. The third kappa shape index (κ3) is 5.69. The Balaban J connectivity index is 1.35. The SMILES string of the molecule is O=C(Nc1ccc(Cl)c([N+](=O)[O-])c1)Nc1ccc(-c2ccc(CN3CCOCC3)nc2)c2ccccc12. The molecule has 1 aromatic heterocycles. The van der Waals surface area contributed by atoms with Gasteiger partial charge in [-0.1, -0.05) is 48.0 Å². The largest absolute Gasteiger partial charge is 0.379 e. The van der Waals surface area contributed by atoms with Crippen LogP contribution in [0.15, 0.2) is 72.9 Å². The fourth-order valence-electron chi connectivity index (χ4n) is 4.34. The molecule has 1 saturated heterocycles. The molecule has 0 atom stereocenters. The molecule has 0 aliphatic carbocycles. The van der Waals surface area contributed by atoms with Crippen molar-refractivity contribution in [1.29, 1.82) is 0 Å². The summed E-state index contributed by atoms with van der Waals surface area (Å²) in [6.45, 7) is 4.11. The Morgan fingerprint density at radius 3 is 2.54 bits per heavy atom. The third-order valence-corrected chi connectivity index (χ3v) is 6.52. The molecule has 188 valence electrons. The van der Waals surface area contributed by atoms with Crippen LogP contribution in [0.25, 0.3) is 21.9 Å². The van der Waals surface area contributed by atoms with E-state index in [1.165, 1.54) is 18.2 Å². The minimum absolute atomic E-state index is 0.00107. The predicted molar refractivity (Wildman–Crippen MR) is 144 cm³/mol. The van der Waals surface area contributed by atoms with Crippen LogP contribution in [0, 0.1) is 10.1 Å². The molecule has 2 amide bonds. The summed E-state index contributed by atoms with van der Waals surface area (Å²) in [6.07, 6.45) is 1.88. The summed E-state index contributed by atoms with van der Waals surface area (Å²) in [6, 6.07) is 19.3. The molecular formula is C27H24ClN5O4. The number of aromatic nitrogens is 1. The number of nitro groups is 1. The molecule has 0 saturated carbocycles. The van der Waals surface area contributed by atoms with Crippen molar-refractivity contribution in [2.75, 3.05) is 36.9 Å². The minimum Gasteiger partial charge on any atom is -0.379 e. The number of morpholine rings is 1. The minimum atomic E-state index is -0.596. The lowest BCUT2D eigenvalue weighted by Gasteiger charge is -2.26. The normalized spacial score (nSPS) is 13.9. The molecule has 0 radical (unpaired) electrons. The van der Waals surface area contributed by atoms with Gasteiger partial charge >= 0.3 is 6.03 Å². The molecule has 2 N–H and O–H groups in total. The van der Waals surface area contributed by atoms with E-state index in [1.807, 2.05) is 48.7 Å². The number of hydrogen-bond donors (Lipinski definition) is 2. The lowest BCUT2D eigenvalue weighted by Crippen LogP contribution is -2.35. The van der Waals surface area contributed by atoms with E-state index in [4.69, 9.17) is 16.3 Å². The van der Waals surface area contributed by atoms with Crippen LogP contribution in [0.5, 0.6) is 0 Å². The van der Waals surface area contributed by atoms with E-state index >= 15 is 0 Å². The van der Waals surface area contributed by atoms with Crippen LogP contribution >= 0.6 is 11.6 Å². The Labute approximate surface area is 218 Å². The first-order chi connectivity index (χ1) is 18.0. The number of benzene rings is 3. The number of nitrogens with one attached hydrogen (secondary N) is 2. The van der Waals surface area contributed by atoms with Gasteiger partial charge in [-0.15, -0.1) is 0 Å². The van der Waals surface area contributed by atoms with Crippen LogP contribution in [-0.4, -0.2) is 47.1 Å². The average molecular weight is 518 g/mol. The molecule has 1 aliphatic heterocycles. The van der Waals surface area contributed by atoms with E-state index in [2.05, 4.69) is 26.6 Å². The Hall–Kier alpha value is -4.05. The first-order valence-electron chi connectivity index (χ1n) is 11.8. The molecule has 2 heterocycles. The highest BCUT2D eigenvalue weighted by atomic mass is 35.5. The molecule has 5 rings (SSSR count). The zero-order chi connectivity index (χ0) is 25.8. The number of amides is 2. The van der Waals surface area contributed by atoms with Gasteiger partial charge in [-0.25, -0.2) is 4.79 Å². The topological polar surface area (TPSA) is 110 Å². The van der Waals surface area contributed by atoms with Crippen LogP contribution in [0.3, 0.4) is 0 Å². The maximum atomic E-state index is 12.7. The van der Waals surface area contributed by atoms with Crippen molar-refractivity contribution in [2.45, 2.75) is 6.54 Å². The second-order valence-corrected chi connectivity index (χ2v) is 9.04. The summed E-state index contributed by atoms with van der Waals surface area (Å²) >= 11 is 5.86. The predicted octanol–water partition coefficient (Wildman–Crippen LogP) is 5.94. The number of nitrogens with zero attached hydrogens (tertiary/aromatic N) is 3. The molecular weight excluding hydrogens is 494 g/mol. The zero-order valence-corrected chi connectivity index (χ0v) is 20.6. The summed E-state index contributed by atoms with van der Waals surface area (Å²) in [7, 11) is 0. The van der Waals surface area contributed by atoms with Gasteiger partial charge in [0.2, 0.25) is 0 Å². The van der Waals surface area contributed by atoms with Crippen LogP contribution in [0.2, 0.25) is 5.02 Å². The lowest BCUT2D eigenvalue weighted by molar-refractivity contribution is -0.384. The van der Waals surface area contributed by atoms with E-state index in [9.17, 15) is 14.9 Å². The first kappa shape index (κ1) is 24.6. The Morgan fingerprint density at radius 2 is 1.81 bits per heavy atom. The summed E-state index contributed by atoms with van der Waals surface area (Å²) < 4.78 is 5.41. The molecule has 4 aromatic rings. The van der Waals surface area contributed by atoms with Crippen LogP contribution in [0.4, 0.5) is 21.9 Å². The Bertz CT molecular complexity index is 1460. The summed E-state index contributed by atoms with van der Waals surface area (Å²) in [5, 5.41) is 18.4. The quantitative estimate of drug-likeness (QED) is 0.242. The van der Waals surface area contributed by atoms with Gasteiger partial charge in [-0.3, -0.25) is 20.0 Å². The lowest BCUT2D eigenvalue weighted by atomic mass is 9.98. The molecule has 1 aliphatic rings. The second-order valence-electron chi connectivity index (χ2n) is 8.64. The van der Waals surface area contributed by atoms with Gasteiger partial charge in [-0.05, 0) is 35.2 Å². The molecule has 3 aromatic carbocycles. The van der Waals surface area contributed by atoms with Gasteiger partial charge < -0.3 is 15.4 Å². The number of rotatable bonds is 6. The van der Waals surface area contributed by atoms with Gasteiger partial charge in [0.1, 0.15) is 5.02 Å².